The number of benzene rings is 1. The van der Waals surface area contributed by atoms with Gasteiger partial charge in [-0.25, -0.2) is 9.59 Å². The van der Waals surface area contributed by atoms with Gasteiger partial charge in [-0.3, -0.25) is 15.0 Å². The van der Waals surface area contributed by atoms with Crippen LogP contribution in [-0.2, 0) is 9.47 Å². The lowest BCUT2D eigenvalue weighted by atomic mass is 10.0. The highest BCUT2D eigenvalue weighted by Gasteiger charge is 2.30. The second-order valence-electron chi connectivity index (χ2n) is 6.84. The number of nitro benzene ring substituents is 1. The third-order valence-corrected chi connectivity index (χ3v) is 3.72. The van der Waals surface area contributed by atoms with Crippen LogP contribution >= 0.6 is 0 Å². The third-order valence-electron chi connectivity index (χ3n) is 3.72. The number of hydrogen-bond acceptors (Lipinski definition) is 6. The van der Waals surface area contributed by atoms with Crippen LogP contribution < -0.4 is 0 Å². The molecule has 0 unspecified atom stereocenters. The van der Waals surface area contributed by atoms with Gasteiger partial charge in [-0.2, -0.15) is 0 Å². The minimum atomic E-state index is -0.680. The van der Waals surface area contributed by atoms with Gasteiger partial charge in [0.25, 0.3) is 5.69 Å². The lowest BCUT2D eigenvalue weighted by Crippen LogP contribution is -2.37. The van der Waals surface area contributed by atoms with E-state index in [1.807, 2.05) is 0 Å². The van der Waals surface area contributed by atoms with Crippen LogP contribution in [0.1, 0.15) is 49.5 Å². The van der Waals surface area contributed by atoms with Crippen molar-refractivity contribution in [1.82, 2.24) is 4.90 Å². The van der Waals surface area contributed by atoms with Crippen molar-refractivity contribution in [3.8, 4) is 0 Å². The number of esters is 1. The molecule has 0 aliphatic carbocycles. The fourth-order valence-electron chi connectivity index (χ4n) is 2.62. The van der Waals surface area contributed by atoms with Gasteiger partial charge in [-0.05, 0) is 45.7 Å². The van der Waals surface area contributed by atoms with Crippen molar-refractivity contribution in [1.29, 1.82) is 0 Å². The Kier molecular flexibility index (Phi) is 5.64. The van der Waals surface area contributed by atoms with Crippen molar-refractivity contribution in [2.75, 3.05) is 13.7 Å². The second kappa shape index (κ2) is 7.55. The van der Waals surface area contributed by atoms with Gasteiger partial charge in [0, 0.05) is 12.6 Å². The van der Waals surface area contributed by atoms with Crippen LogP contribution in [0.15, 0.2) is 24.3 Å². The number of carbonyl (C=O) groups is 2. The zero-order chi connectivity index (χ0) is 19.5. The van der Waals surface area contributed by atoms with Gasteiger partial charge in [0.2, 0.25) is 0 Å². The Morgan fingerprint density at radius 2 is 1.96 bits per heavy atom. The zero-order valence-corrected chi connectivity index (χ0v) is 15.3. The van der Waals surface area contributed by atoms with Crippen molar-refractivity contribution in [3.05, 3.63) is 45.5 Å². The maximum Gasteiger partial charge on any atom is 0.414 e. The normalized spacial score (nSPS) is 14.5. The predicted octanol–water partition coefficient (Wildman–Crippen LogP) is 3.75. The number of carbonyl (C=O) groups excluding carboxylic acids is 2. The van der Waals surface area contributed by atoms with Gasteiger partial charge in [-0.15, -0.1) is 0 Å². The van der Waals surface area contributed by atoms with Crippen LogP contribution in [0, 0.1) is 10.1 Å². The molecule has 0 saturated carbocycles. The van der Waals surface area contributed by atoms with Crippen molar-refractivity contribution < 1.29 is 24.0 Å². The number of hydrogen-bond donors (Lipinski definition) is 0. The molecule has 1 aromatic carbocycles. The van der Waals surface area contributed by atoms with E-state index in [1.165, 1.54) is 24.1 Å². The molecule has 2 rings (SSSR count). The number of amides is 1. The molecule has 0 atom stereocenters. The number of allylic oxidation sites excluding steroid dienone is 1. The molecule has 0 fully saturated rings. The summed E-state index contributed by atoms with van der Waals surface area (Å²) >= 11 is 0. The Hall–Kier alpha value is -2.90. The molecule has 0 spiro atoms. The van der Waals surface area contributed by atoms with Crippen LogP contribution in [-0.4, -0.2) is 41.1 Å². The van der Waals surface area contributed by atoms with Gasteiger partial charge in [0.1, 0.15) is 5.60 Å². The zero-order valence-electron chi connectivity index (χ0n) is 15.3. The third kappa shape index (κ3) is 4.38. The highest BCUT2D eigenvalue weighted by molar-refractivity contribution is 5.92. The average molecular weight is 362 g/mol. The van der Waals surface area contributed by atoms with Gasteiger partial charge < -0.3 is 9.47 Å². The minimum absolute atomic E-state index is 0.0724. The van der Waals surface area contributed by atoms with Crippen LogP contribution in [0.25, 0.3) is 5.70 Å². The summed E-state index contributed by atoms with van der Waals surface area (Å²) in [5.41, 5.74) is -0.208. The van der Waals surface area contributed by atoms with Crippen LogP contribution in [0.3, 0.4) is 0 Å². The molecule has 1 aliphatic rings. The number of nitrogens with zero attached hydrogens (tertiary/aromatic N) is 2. The Balaban J connectivity index is 2.46. The number of methoxy groups -OCH3 is 1. The van der Waals surface area contributed by atoms with E-state index >= 15 is 0 Å². The smallest absolute Gasteiger partial charge is 0.414 e. The van der Waals surface area contributed by atoms with E-state index in [1.54, 1.807) is 26.8 Å². The van der Waals surface area contributed by atoms with Crippen molar-refractivity contribution in [3.63, 3.8) is 0 Å². The SMILES string of the molecule is COC(=O)c1ccc(C2=CCCCN2C(=O)OC(C)(C)C)c([N+](=O)[O-])c1. The summed E-state index contributed by atoms with van der Waals surface area (Å²) in [5.74, 6) is -0.665. The van der Waals surface area contributed by atoms with Crippen LogP contribution in [0.5, 0.6) is 0 Å². The van der Waals surface area contributed by atoms with E-state index in [0.717, 1.165) is 12.5 Å². The van der Waals surface area contributed by atoms with Gasteiger partial charge >= 0.3 is 12.1 Å². The highest BCUT2D eigenvalue weighted by Crippen LogP contribution is 2.33. The summed E-state index contributed by atoms with van der Waals surface area (Å²) in [6, 6.07) is 4.06. The summed E-state index contributed by atoms with van der Waals surface area (Å²) in [6.07, 6.45) is 2.63. The Labute approximate surface area is 151 Å². The lowest BCUT2D eigenvalue weighted by molar-refractivity contribution is -0.385. The molecule has 1 amide bonds. The van der Waals surface area contributed by atoms with Gasteiger partial charge in [0.05, 0.1) is 28.9 Å². The van der Waals surface area contributed by atoms with E-state index in [2.05, 4.69) is 4.74 Å². The standard InChI is InChI=1S/C18H22N2O6/c1-18(2,3)26-17(22)19-10-6-5-7-14(19)13-9-8-12(16(21)25-4)11-15(13)20(23)24/h7-9,11H,5-6,10H2,1-4H3. The van der Waals surface area contributed by atoms with Crippen molar-refractivity contribution in [2.24, 2.45) is 0 Å². The molecule has 0 saturated heterocycles. The van der Waals surface area contributed by atoms with Gasteiger partial charge in [-0.1, -0.05) is 6.08 Å². The summed E-state index contributed by atoms with van der Waals surface area (Å²) < 4.78 is 10.0. The monoisotopic (exact) mass is 362 g/mol. The second-order valence-corrected chi connectivity index (χ2v) is 6.84. The molecule has 26 heavy (non-hydrogen) atoms. The molecule has 1 aliphatic heterocycles. The highest BCUT2D eigenvalue weighted by atomic mass is 16.6. The Bertz CT molecular complexity index is 763. The fourth-order valence-corrected chi connectivity index (χ4v) is 2.62. The fraction of sp³-hybridized carbons (Fsp3) is 0.444. The van der Waals surface area contributed by atoms with E-state index < -0.39 is 22.6 Å². The summed E-state index contributed by atoms with van der Waals surface area (Å²) in [4.78, 5) is 36.5. The first kappa shape index (κ1) is 19.4. The van der Waals surface area contributed by atoms with Crippen molar-refractivity contribution in [2.45, 2.75) is 39.2 Å². The summed E-state index contributed by atoms with van der Waals surface area (Å²) in [5, 5.41) is 11.5. The summed E-state index contributed by atoms with van der Waals surface area (Å²) in [7, 11) is 1.20. The molecular weight excluding hydrogens is 340 g/mol. The molecule has 0 aromatic heterocycles. The van der Waals surface area contributed by atoms with Crippen molar-refractivity contribution >= 4 is 23.4 Å². The predicted molar refractivity (Wildman–Crippen MR) is 94.6 cm³/mol. The number of ether oxygens (including phenoxy) is 2. The maximum atomic E-state index is 12.5. The van der Waals surface area contributed by atoms with E-state index in [0.29, 0.717) is 18.7 Å². The van der Waals surface area contributed by atoms with E-state index in [9.17, 15) is 19.7 Å². The van der Waals surface area contributed by atoms with E-state index in [4.69, 9.17) is 4.74 Å². The summed E-state index contributed by atoms with van der Waals surface area (Å²) in [6.45, 7) is 5.67. The Morgan fingerprint density at radius 1 is 1.27 bits per heavy atom. The first-order valence-corrected chi connectivity index (χ1v) is 8.22. The number of nitro groups is 1. The number of rotatable bonds is 3. The molecule has 8 nitrogen and oxygen atoms in total. The molecule has 1 heterocycles. The first-order valence-electron chi connectivity index (χ1n) is 8.22. The quantitative estimate of drug-likeness (QED) is 0.461. The van der Waals surface area contributed by atoms with E-state index in [-0.39, 0.29) is 16.8 Å². The molecular formula is C18H22N2O6. The molecule has 0 radical (unpaired) electrons. The lowest BCUT2D eigenvalue weighted by Gasteiger charge is -2.31. The van der Waals surface area contributed by atoms with Crippen LogP contribution in [0.4, 0.5) is 10.5 Å². The topological polar surface area (TPSA) is 99.0 Å². The molecule has 1 aromatic rings. The van der Waals surface area contributed by atoms with Crippen LogP contribution in [0.2, 0.25) is 0 Å². The Morgan fingerprint density at radius 3 is 2.54 bits per heavy atom. The first-order chi connectivity index (χ1) is 12.1. The molecule has 8 heteroatoms. The molecule has 140 valence electrons. The average Bonchev–Trinajstić information content (AvgIpc) is 2.59. The minimum Gasteiger partial charge on any atom is -0.465 e. The van der Waals surface area contributed by atoms with Gasteiger partial charge in [0.15, 0.2) is 0 Å². The largest absolute Gasteiger partial charge is 0.465 e. The molecule has 0 N–H and O–H groups in total. The molecule has 0 bridgehead atoms. The maximum absolute atomic E-state index is 12.5.